The molecule has 0 saturated carbocycles. The first-order valence-corrected chi connectivity index (χ1v) is 13.6. The summed E-state index contributed by atoms with van der Waals surface area (Å²) in [7, 11) is 0. The van der Waals surface area contributed by atoms with Gasteiger partial charge in [-0.2, -0.15) is 0 Å². The highest BCUT2D eigenvalue weighted by atomic mass is 16.4. The molecule has 186 valence electrons. The lowest BCUT2D eigenvalue weighted by atomic mass is 9.54. The summed E-state index contributed by atoms with van der Waals surface area (Å²) in [5, 5.41) is 20.2. The monoisotopic (exact) mass is 450 g/mol. The zero-order chi connectivity index (χ0) is 23.7. The Morgan fingerprint density at radius 2 is 0.906 bits per heavy atom. The molecule has 0 saturated heterocycles. The van der Waals surface area contributed by atoms with Crippen LogP contribution in [0.3, 0.4) is 0 Å². The van der Waals surface area contributed by atoms with Crippen molar-refractivity contribution in [3.8, 4) is 0 Å². The number of hydrogen-bond donors (Lipinski definition) is 2. The lowest BCUT2D eigenvalue weighted by Crippen LogP contribution is -2.53. The SMILES string of the molecule is CCCCCCCCCCCCCCCCCC1(C(=O)O)CC=CCC1(CCC)C(=O)O. The molecule has 0 fully saturated rings. The van der Waals surface area contributed by atoms with Crippen LogP contribution < -0.4 is 0 Å². The maximum atomic E-state index is 12.4. The number of carboxylic acid groups (broad SMARTS) is 2. The fourth-order valence-electron chi connectivity index (χ4n) is 5.67. The Kier molecular flexibility index (Phi) is 14.6. The third-order valence-corrected chi connectivity index (χ3v) is 7.72. The molecule has 0 aromatic rings. The number of unbranched alkanes of at least 4 members (excludes halogenated alkanes) is 14. The van der Waals surface area contributed by atoms with E-state index in [1.807, 2.05) is 19.1 Å². The fraction of sp³-hybridized carbons (Fsp3) is 0.857. The van der Waals surface area contributed by atoms with Crippen LogP contribution in [0.5, 0.6) is 0 Å². The van der Waals surface area contributed by atoms with E-state index in [-0.39, 0.29) is 0 Å². The molecule has 0 bridgehead atoms. The van der Waals surface area contributed by atoms with Gasteiger partial charge in [0.1, 0.15) is 0 Å². The largest absolute Gasteiger partial charge is 0.481 e. The highest BCUT2D eigenvalue weighted by Gasteiger charge is 2.60. The van der Waals surface area contributed by atoms with E-state index in [0.29, 0.717) is 32.1 Å². The van der Waals surface area contributed by atoms with Crippen molar-refractivity contribution in [3.63, 3.8) is 0 Å². The molecule has 0 heterocycles. The van der Waals surface area contributed by atoms with Crippen molar-refractivity contribution >= 4 is 11.9 Å². The van der Waals surface area contributed by atoms with Crippen LogP contribution in [0.25, 0.3) is 0 Å². The molecule has 0 aromatic heterocycles. The molecular weight excluding hydrogens is 400 g/mol. The summed E-state index contributed by atoms with van der Waals surface area (Å²) in [6.45, 7) is 4.21. The summed E-state index contributed by atoms with van der Waals surface area (Å²) in [5.74, 6) is -1.87. The van der Waals surface area contributed by atoms with Crippen molar-refractivity contribution in [2.24, 2.45) is 10.8 Å². The van der Waals surface area contributed by atoms with Crippen LogP contribution >= 0.6 is 0 Å². The number of allylic oxidation sites excluding steroid dienone is 2. The maximum Gasteiger partial charge on any atom is 0.311 e. The molecule has 2 N–H and O–H groups in total. The summed E-state index contributed by atoms with van der Waals surface area (Å²) in [5.41, 5.74) is -2.33. The molecular formula is C28H50O4. The zero-order valence-electron chi connectivity index (χ0n) is 21.0. The molecule has 0 aromatic carbocycles. The second-order valence-electron chi connectivity index (χ2n) is 10.1. The van der Waals surface area contributed by atoms with Crippen LogP contribution in [-0.4, -0.2) is 22.2 Å². The number of hydrogen-bond acceptors (Lipinski definition) is 2. The summed E-state index contributed by atoms with van der Waals surface area (Å²) in [6, 6.07) is 0. The van der Waals surface area contributed by atoms with Gasteiger partial charge in [-0.1, -0.05) is 129 Å². The van der Waals surface area contributed by atoms with Gasteiger partial charge in [0, 0.05) is 0 Å². The highest BCUT2D eigenvalue weighted by molar-refractivity contribution is 5.87. The normalized spacial score (nSPS) is 22.8. The minimum absolute atomic E-state index is 0.335. The Balaban J connectivity index is 2.25. The summed E-state index contributed by atoms with van der Waals surface area (Å²) in [6.07, 6.45) is 25.1. The average molecular weight is 451 g/mol. The minimum atomic E-state index is -1.17. The lowest BCUT2D eigenvalue weighted by Gasteiger charge is -2.46. The molecule has 1 aliphatic carbocycles. The van der Waals surface area contributed by atoms with Crippen LogP contribution in [0, 0.1) is 10.8 Å². The van der Waals surface area contributed by atoms with Gasteiger partial charge in [-0.3, -0.25) is 9.59 Å². The predicted molar refractivity (Wildman–Crippen MR) is 133 cm³/mol. The number of carboxylic acids is 2. The van der Waals surface area contributed by atoms with Crippen molar-refractivity contribution in [1.82, 2.24) is 0 Å². The standard InChI is InChI=1S/C28H50O4/c1-3-5-6-7-8-9-10-11-12-13-14-15-16-17-18-22-28(26(31)32)24-20-19-23-27(28,21-4-2)25(29)30/h19-20H,3-18,21-24H2,1-2H3,(H,29,30)(H,31,32). The summed E-state index contributed by atoms with van der Waals surface area (Å²) in [4.78, 5) is 24.6. The van der Waals surface area contributed by atoms with Crippen LogP contribution in [0.4, 0.5) is 0 Å². The number of carbonyl (C=O) groups is 2. The van der Waals surface area contributed by atoms with Gasteiger partial charge in [-0.15, -0.1) is 0 Å². The molecule has 1 rings (SSSR count). The first-order valence-electron chi connectivity index (χ1n) is 13.6. The van der Waals surface area contributed by atoms with E-state index in [1.54, 1.807) is 0 Å². The third-order valence-electron chi connectivity index (χ3n) is 7.72. The van der Waals surface area contributed by atoms with Crippen molar-refractivity contribution in [1.29, 1.82) is 0 Å². The first kappa shape index (κ1) is 28.7. The van der Waals surface area contributed by atoms with Crippen LogP contribution in [-0.2, 0) is 9.59 Å². The molecule has 0 aliphatic heterocycles. The van der Waals surface area contributed by atoms with Crippen LogP contribution in [0.2, 0.25) is 0 Å². The number of aliphatic carboxylic acids is 2. The van der Waals surface area contributed by atoms with E-state index in [4.69, 9.17) is 0 Å². The predicted octanol–water partition coefficient (Wildman–Crippen LogP) is 8.54. The van der Waals surface area contributed by atoms with Gasteiger partial charge >= 0.3 is 11.9 Å². The molecule has 0 radical (unpaired) electrons. The average Bonchev–Trinajstić information content (AvgIpc) is 2.77. The van der Waals surface area contributed by atoms with Crippen molar-refractivity contribution < 1.29 is 19.8 Å². The van der Waals surface area contributed by atoms with E-state index in [9.17, 15) is 19.8 Å². The summed E-state index contributed by atoms with van der Waals surface area (Å²) >= 11 is 0. The molecule has 2 atom stereocenters. The molecule has 1 aliphatic rings. The van der Waals surface area contributed by atoms with Gasteiger partial charge < -0.3 is 10.2 Å². The van der Waals surface area contributed by atoms with E-state index < -0.39 is 22.8 Å². The molecule has 0 amide bonds. The van der Waals surface area contributed by atoms with Gasteiger partial charge in [0.05, 0.1) is 10.8 Å². The summed E-state index contributed by atoms with van der Waals surface area (Å²) < 4.78 is 0. The molecule has 32 heavy (non-hydrogen) atoms. The highest BCUT2D eigenvalue weighted by Crippen LogP contribution is 2.54. The lowest BCUT2D eigenvalue weighted by molar-refractivity contribution is -0.177. The zero-order valence-corrected chi connectivity index (χ0v) is 21.0. The second kappa shape index (κ2) is 16.3. The topological polar surface area (TPSA) is 74.6 Å². The van der Waals surface area contributed by atoms with Crippen molar-refractivity contribution in [2.45, 2.75) is 142 Å². The van der Waals surface area contributed by atoms with Crippen molar-refractivity contribution in [3.05, 3.63) is 12.2 Å². The first-order chi connectivity index (χ1) is 15.5. The van der Waals surface area contributed by atoms with Crippen LogP contribution in [0.1, 0.15) is 142 Å². The van der Waals surface area contributed by atoms with Gasteiger partial charge in [0.25, 0.3) is 0 Å². The quantitative estimate of drug-likeness (QED) is 0.144. The third kappa shape index (κ3) is 8.56. The van der Waals surface area contributed by atoms with Gasteiger partial charge in [-0.05, 0) is 25.7 Å². The smallest absolute Gasteiger partial charge is 0.311 e. The Labute approximate surface area is 197 Å². The Bertz CT molecular complexity index is 556. The number of rotatable bonds is 20. The van der Waals surface area contributed by atoms with Crippen LogP contribution in [0.15, 0.2) is 12.2 Å². The van der Waals surface area contributed by atoms with E-state index in [0.717, 1.165) is 19.3 Å². The Morgan fingerprint density at radius 1 is 0.562 bits per heavy atom. The molecule has 2 unspecified atom stereocenters. The minimum Gasteiger partial charge on any atom is -0.481 e. The molecule has 0 spiro atoms. The Hall–Kier alpha value is -1.32. The fourth-order valence-corrected chi connectivity index (χ4v) is 5.67. The van der Waals surface area contributed by atoms with E-state index >= 15 is 0 Å². The van der Waals surface area contributed by atoms with E-state index in [2.05, 4.69) is 6.92 Å². The maximum absolute atomic E-state index is 12.4. The second-order valence-corrected chi connectivity index (χ2v) is 10.1. The van der Waals surface area contributed by atoms with Gasteiger partial charge in [0.15, 0.2) is 0 Å². The van der Waals surface area contributed by atoms with E-state index in [1.165, 1.54) is 77.0 Å². The van der Waals surface area contributed by atoms with Crippen molar-refractivity contribution in [2.75, 3.05) is 0 Å². The Morgan fingerprint density at radius 3 is 1.25 bits per heavy atom. The van der Waals surface area contributed by atoms with Gasteiger partial charge in [-0.25, -0.2) is 0 Å². The van der Waals surface area contributed by atoms with Gasteiger partial charge in [0.2, 0.25) is 0 Å². The molecule has 4 heteroatoms. The molecule has 4 nitrogen and oxygen atoms in total.